The second-order valence-corrected chi connectivity index (χ2v) is 6.49. The van der Waals surface area contributed by atoms with Crippen LogP contribution in [0.1, 0.15) is 72.1 Å². The molecule has 0 aliphatic carbocycles. The Morgan fingerprint density at radius 2 is 1.19 bits per heavy atom. The first-order chi connectivity index (χ1) is 13.1. The van der Waals surface area contributed by atoms with Crippen molar-refractivity contribution < 1.29 is 9.59 Å². The normalized spacial score (nSPS) is 13.6. The van der Waals surface area contributed by atoms with Gasteiger partial charge in [0.1, 0.15) is 0 Å². The first-order valence-corrected chi connectivity index (χ1v) is 10.1. The fourth-order valence-corrected chi connectivity index (χ4v) is 2.16. The first-order valence-electron chi connectivity index (χ1n) is 10.1. The summed E-state index contributed by atoms with van der Waals surface area (Å²) >= 11 is 0. The van der Waals surface area contributed by atoms with E-state index in [-0.39, 0.29) is 11.7 Å². The van der Waals surface area contributed by atoms with E-state index in [1.165, 1.54) is 6.92 Å². The van der Waals surface area contributed by atoms with Gasteiger partial charge in [-0.1, -0.05) is 67.7 Å². The Morgan fingerprint density at radius 1 is 0.741 bits per heavy atom. The zero-order valence-corrected chi connectivity index (χ0v) is 17.3. The first kappa shape index (κ1) is 24.8. The van der Waals surface area contributed by atoms with Crippen LogP contribution in [0.2, 0.25) is 0 Å². The molecular weight excluding hydrogens is 334 g/mol. The standard InChI is InChI=1S/C24H37NO2/c1-4-5-6-7-8-9-10-11-12-13-14-15-16-17-18-19-20-21-24(27)25-22(2)23(3)26/h5-6,8-9,11-12,15-16,18-19,22H,4,7,10,13-14,17,20-21H2,1-3H3,(H,25,27)/b6-5-,9-8-,12-11-,16-15-,19-18-/t22-/m0/s1. The number of ketones is 1. The van der Waals surface area contributed by atoms with Gasteiger partial charge in [-0.2, -0.15) is 0 Å². The molecule has 0 aliphatic rings. The summed E-state index contributed by atoms with van der Waals surface area (Å²) in [6.45, 7) is 5.34. The van der Waals surface area contributed by atoms with Crippen LogP contribution in [0.3, 0.4) is 0 Å². The van der Waals surface area contributed by atoms with Crippen molar-refractivity contribution in [3.8, 4) is 0 Å². The van der Waals surface area contributed by atoms with Gasteiger partial charge in [0.15, 0.2) is 5.78 Å². The van der Waals surface area contributed by atoms with Gasteiger partial charge in [-0.15, -0.1) is 0 Å². The van der Waals surface area contributed by atoms with Gasteiger partial charge in [0.2, 0.25) is 5.91 Å². The molecule has 0 bridgehead atoms. The number of amides is 1. The van der Waals surface area contributed by atoms with E-state index in [4.69, 9.17) is 0 Å². The molecule has 3 nitrogen and oxygen atoms in total. The molecule has 0 aliphatic heterocycles. The third kappa shape index (κ3) is 18.4. The molecule has 0 saturated heterocycles. The third-order valence-electron chi connectivity index (χ3n) is 3.91. The Balaban J connectivity index is 3.60. The average molecular weight is 372 g/mol. The fraction of sp³-hybridized carbons (Fsp3) is 0.500. The van der Waals surface area contributed by atoms with Crippen molar-refractivity contribution in [1.82, 2.24) is 5.32 Å². The number of carbonyl (C=O) groups excluding carboxylic acids is 2. The fourth-order valence-electron chi connectivity index (χ4n) is 2.16. The van der Waals surface area contributed by atoms with Crippen LogP contribution in [0.5, 0.6) is 0 Å². The van der Waals surface area contributed by atoms with Gasteiger partial charge in [-0.25, -0.2) is 0 Å². The quantitative estimate of drug-likeness (QED) is 0.283. The molecule has 0 unspecified atom stereocenters. The van der Waals surface area contributed by atoms with Gasteiger partial charge in [0.25, 0.3) is 0 Å². The monoisotopic (exact) mass is 371 g/mol. The van der Waals surface area contributed by atoms with Gasteiger partial charge < -0.3 is 5.32 Å². The largest absolute Gasteiger partial charge is 0.347 e. The Hall–Kier alpha value is -2.16. The second-order valence-electron chi connectivity index (χ2n) is 6.49. The highest BCUT2D eigenvalue weighted by atomic mass is 16.2. The van der Waals surface area contributed by atoms with Crippen LogP contribution in [0.4, 0.5) is 0 Å². The summed E-state index contributed by atoms with van der Waals surface area (Å²) in [5.41, 5.74) is 0. The second kappa shape index (κ2) is 18.6. The summed E-state index contributed by atoms with van der Waals surface area (Å²) in [5.74, 6) is -0.0906. The highest BCUT2D eigenvalue weighted by molar-refractivity contribution is 5.87. The maximum atomic E-state index is 11.6. The van der Waals surface area contributed by atoms with Crippen LogP contribution < -0.4 is 5.32 Å². The summed E-state index contributed by atoms with van der Waals surface area (Å²) in [5, 5.41) is 2.68. The van der Waals surface area contributed by atoms with Gasteiger partial charge in [0.05, 0.1) is 6.04 Å². The van der Waals surface area contributed by atoms with E-state index in [2.05, 4.69) is 66.9 Å². The molecule has 0 rings (SSSR count). The summed E-state index contributed by atoms with van der Waals surface area (Å²) in [4.78, 5) is 22.7. The topological polar surface area (TPSA) is 46.2 Å². The van der Waals surface area contributed by atoms with Crippen LogP contribution in [0.15, 0.2) is 60.8 Å². The van der Waals surface area contributed by atoms with Gasteiger partial charge in [-0.05, 0) is 58.8 Å². The maximum Gasteiger partial charge on any atom is 0.220 e. The molecule has 0 aromatic heterocycles. The molecule has 27 heavy (non-hydrogen) atoms. The lowest BCUT2D eigenvalue weighted by Crippen LogP contribution is -2.37. The molecule has 0 aromatic rings. The minimum absolute atomic E-state index is 0.0184. The molecule has 1 N–H and O–H groups in total. The zero-order chi connectivity index (χ0) is 20.2. The number of unbranched alkanes of at least 4 members (excludes halogenated alkanes) is 1. The van der Waals surface area contributed by atoms with Crippen molar-refractivity contribution in [3.63, 3.8) is 0 Å². The Morgan fingerprint density at radius 3 is 1.67 bits per heavy atom. The van der Waals surface area contributed by atoms with E-state index in [1.54, 1.807) is 6.92 Å². The minimum Gasteiger partial charge on any atom is -0.347 e. The number of nitrogens with one attached hydrogen (secondary N) is 1. The van der Waals surface area contributed by atoms with Crippen molar-refractivity contribution in [3.05, 3.63) is 60.8 Å². The number of carbonyl (C=O) groups is 2. The molecule has 0 aromatic carbocycles. The molecule has 150 valence electrons. The Labute approximate surface area is 166 Å². The molecular formula is C24H37NO2. The predicted octanol–water partition coefficient (Wildman–Crippen LogP) is 6.00. The molecule has 0 spiro atoms. The van der Waals surface area contributed by atoms with Crippen molar-refractivity contribution >= 4 is 11.7 Å². The maximum absolute atomic E-state index is 11.6. The molecule has 0 saturated carbocycles. The van der Waals surface area contributed by atoms with E-state index in [0.29, 0.717) is 12.8 Å². The molecule has 0 fully saturated rings. The molecule has 0 radical (unpaired) electrons. The van der Waals surface area contributed by atoms with Crippen LogP contribution >= 0.6 is 0 Å². The van der Waals surface area contributed by atoms with Gasteiger partial charge >= 0.3 is 0 Å². The highest BCUT2D eigenvalue weighted by Crippen LogP contribution is 1.99. The highest BCUT2D eigenvalue weighted by Gasteiger charge is 2.09. The number of hydrogen-bond acceptors (Lipinski definition) is 2. The molecule has 1 atom stereocenters. The SMILES string of the molecule is CC/C=C\C/C=C\C/C=C\CC/C=C\C/C=C\CCC(=O)N[C@@H](C)C(C)=O. The lowest BCUT2D eigenvalue weighted by Gasteiger charge is -2.09. The smallest absolute Gasteiger partial charge is 0.220 e. The lowest BCUT2D eigenvalue weighted by molar-refractivity contribution is -0.126. The molecule has 0 heterocycles. The predicted molar refractivity (Wildman–Crippen MR) is 117 cm³/mol. The number of hydrogen-bond donors (Lipinski definition) is 1. The van der Waals surface area contributed by atoms with E-state index in [1.807, 2.05) is 6.08 Å². The van der Waals surface area contributed by atoms with Crippen molar-refractivity contribution in [2.45, 2.75) is 78.2 Å². The molecule has 3 heteroatoms. The van der Waals surface area contributed by atoms with Crippen LogP contribution in [0, 0.1) is 0 Å². The minimum atomic E-state index is -0.391. The van der Waals surface area contributed by atoms with Crippen LogP contribution in [0.25, 0.3) is 0 Å². The van der Waals surface area contributed by atoms with Crippen LogP contribution in [-0.2, 0) is 9.59 Å². The van der Waals surface area contributed by atoms with Crippen molar-refractivity contribution in [1.29, 1.82) is 0 Å². The van der Waals surface area contributed by atoms with Crippen molar-refractivity contribution in [2.75, 3.05) is 0 Å². The van der Waals surface area contributed by atoms with E-state index in [9.17, 15) is 9.59 Å². The summed E-state index contributed by atoms with van der Waals surface area (Å²) in [6, 6.07) is -0.391. The summed E-state index contributed by atoms with van der Waals surface area (Å²) in [6.07, 6.45) is 29.0. The lowest BCUT2D eigenvalue weighted by atomic mass is 10.2. The van der Waals surface area contributed by atoms with E-state index in [0.717, 1.165) is 38.5 Å². The van der Waals surface area contributed by atoms with Crippen molar-refractivity contribution in [2.24, 2.45) is 0 Å². The Bertz CT molecular complexity index is 539. The van der Waals surface area contributed by atoms with E-state index >= 15 is 0 Å². The number of Topliss-reactive ketones (excluding diaryl/α,β-unsaturated/α-hetero) is 1. The van der Waals surface area contributed by atoms with E-state index < -0.39 is 6.04 Å². The third-order valence-corrected chi connectivity index (χ3v) is 3.91. The average Bonchev–Trinajstić information content (AvgIpc) is 2.64. The summed E-state index contributed by atoms with van der Waals surface area (Å²) < 4.78 is 0. The Kier molecular flexibility index (Phi) is 17.1. The van der Waals surface area contributed by atoms with Gasteiger partial charge in [-0.3, -0.25) is 9.59 Å². The summed E-state index contributed by atoms with van der Waals surface area (Å²) in [7, 11) is 0. The van der Waals surface area contributed by atoms with Crippen LogP contribution in [-0.4, -0.2) is 17.7 Å². The van der Waals surface area contributed by atoms with Gasteiger partial charge in [0, 0.05) is 6.42 Å². The molecule has 1 amide bonds. The number of allylic oxidation sites excluding steroid dienone is 10. The number of rotatable bonds is 15. The zero-order valence-electron chi connectivity index (χ0n) is 17.3.